The molecule has 1 aromatic carbocycles. The Labute approximate surface area is 172 Å². The second kappa shape index (κ2) is 8.79. The van der Waals surface area contributed by atoms with Gasteiger partial charge in [-0.3, -0.25) is 9.59 Å². The van der Waals surface area contributed by atoms with Gasteiger partial charge >= 0.3 is 0 Å². The summed E-state index contributed by atoms with van der Waals surface area (Å²) in [7, 11) is 1.59. The highest BCUT2D eigenvalue weighted by molar-refractivity contribution is 9.10. The van der Waals surface area contributed by atoms with Crippen molar-refractivity contribution in [3.63, 3.8) is 0 Å². The zero-order chi connectivity index (χ0) is 20.3. The van der Waals surface area contributed by atoms with Crippen LogP contribution in [0.3, 0.4) is 0 Å². The number of carbonyl (C=O) groups is 2. The van der Waals surface area contributed by atoms with Crippen LogP contribution >= 0.6 is 15.9 Å². The first kappa shape index (κ1) is 20.4. The Morgan fingerprint density at radius 1 is 1.14 bits per heavy atom. The number of ether oxygens (including phenoxy) is 1. The molecule has 0 aliphatic carbocycles. The quantitative estimate of drug-likeness (QED) is 0.758. The minimum absolute atomic E-state index is 0.0554. The summed E-state index contributed by atoms with van der Waals surface area (Å²) in [5.74, 6) is 0.641. The molecule has 2 heterocycles. The highest BCUT2D eigenvalue weighted by atomic mass is 79.9. The SMILES string of the molecule is Cc1oc(C)c(C(=O)N(C)CC(=O)Nc2ccc(N3CCOCC3)cc2)c1Br. The fourth-order valence-corrected chi connectivity index (χ4v) is 3.69. The Balaban J connectivity index is 1.58. The van der Waals surface area contributed by atoms with Gasteiger partial charge in [0.15, 0.2) is 0 Å². The van der Waals surface area contributed by atoms with Crippen LogP contribution in [0.5, 0.6) is 0 Å². The Morgan fingerprint density at radius 2 is 1.79 bits per heavy atom. The summed E-state index contributed by atoms with van der Waals surface area (Å²) in [6.07, 6.45) is 0. The molecule has 1 fully saturated rings. The molecular formula is C20H24BrN3O4. The number of furan rings is 1. The average molecular weight is 450 g/mol. The third-order valence-corrected chi connectivity index (χ3v) is 5.61. The van der Waals surface area contributed by atoms with Crippen molar-refractivity contribution in [3.8, 4) is 0 Å². The molecule has 2 aromatic rings. The summed E-state index contributed by atoms with van der Waals surface area (Å²) in [4.78, 5) is 28.6. The molecule has 0 atom stereocenters. The third kappa shape index (κ3) is 4.56. The molecule has 0 unspecified atom stereocenters. The van der Waals surface area contributed by atoms with Crippen molar-refractivity contribution in [3.05, 3.63) is 45.8 Å². The van der Waals surface area contributed by atoms with Gasteiger partial charge in [0.05, 0.1) is 29.8 Å². The predicted molar refractivity (Wildman–Crippen MR) is 111 cm³/mol. The molecule has 28 heavy (non-hydrogen) atoms. The number of halogens is 1. The van der Waals surface area contributed by atoms with Crippen LogP contribution in [0.15, 0.2) is 33.2 Å². The Morgan fingerprint density at radius 3 is 2.36 bits per heavy atom. The second-order valence-corrected chi connectivity index (χ2v) is 7.55. The summed E-state index contributed by atoms with van der Waals surface area (Å²) in [5, 5.41) is 2.83. The fraction of sp³-hybridized carbons (Fsp3) is 0.400. The summed E-state index contributed by atoms with van der Waals surface area (Å²) >= 11 is 3.38. The van der Waals surface area contributed by atoms with Gasteiger partial charge in [-0.15, -0.1) is 0 Å². The highest BCUT2D eigenvalue weighted by Gasteiger charge is 2.24. The van der Waals surface area contributed by atoms with E-state index in [-0.39, 0.29) is 18.4 Å². The minimum atomic E-state index is -0.265. The van der Waals surface area contributed by atoms with Crippen LogP contribution in [0.2, 0.25) is 0 Å². The lowest BCUT2D eigenvalue weighted by atomic mass is 10.2. The Hall–Kier alpha value is -2.32. The van der Waals surface area contributed by atoms with Gasteiger partial charge in [-0.25, -0.2) is 0 Å². The van der Waals surface area contributed by atoms with Crippen LogP contribution < -0.4 is 10.2 Å². The van der Waals surface area contributed by atoms with Gasteiger partial charge in [0.2, 0.25) is 5.91 Å². The van der Waals surface area contributed by atoms with E-state index in [1.807, 2.05) is 24.3 Å². The largest absolute Gasteiger partial charge is 0.465 e. The molecule has 0 spiro atoms. The molecule has 2 amide bonds. The first-order chi connectivity index (χ1) is 13.4. The van der Waals surface area contributed by atoms with Crippen LogP contribution in [0.25, 0.3) is 0 Å². The molecule has 1 N–H and O–H groups in total. The van der Waals surface area contributed by atoms with Crippen LogP contribution in [-0.4, -0.2) is 56.6 Å². The lowest BCUT2D eigenvalue weighted by molar-refractivity contribution is -0.116. The van der Waals surface area contributed by atoms with E-state index in [4.69, 9.17) is 9.15 Å². The van der Waals surface area contributed by atoms with Crippen molar-refractivity contribution < 1.29 is 18.7 Å². The number of carbonyl (C=O) groups excluding carboxylic acids is 2. The van der Waals surface area contributed by atoms with Gasteiger partial charge in [-0.05, 0) is 54.0 Å². The average Bonchev–Trinajstić information content (AvgIpc) is 2.94. The topological polar surface area (TPSA) is 75.0 Å². The van der Waals surface area contributed by atoms with Crippen LogP contribution in [0, 0.1) is 13.8 Å². The van der Waals surface area contributed by atoms with Gasteiger partial charge in [0, 0.05) is 31.5 Å². The van der Waals surface area contributed by atoms with Crippen molar-refractivity contribution in [2.24, 2.45) is 0 Å². The van der Waals surface area contributed by atoms with Crippen molar-refractivity contribution in [1.82, 2.24) is 4.90 Å². The van der Waals surface area contributed by atoms with Crippen molar-refractivity contribution in [2.75, 3.05) is 50.1 Å². The normalized spacial score (nSPS) is 14.1. The predicted octanol–water partition coefficient (Wildman–Crippen LogP) is 3.21. The molecule has 0 saturated carbocycles. The summed E-state index contributed by atoms with van der Waals surface area (Å²) in [5.41, 5.74) is 2.24. The van der Waals surface area contributed by atoms with Gasteiger partial charge in [0.25, 0.3) is 5.91 Å². The number of morpholine rings is 1. The number of amides is 2. The molecule has 1 saturated heterocycles. The standard InChI is InChI=1S/C20H24BrN3O4/c1-13-18(19(21)14(2)28-13)20(26)23(3)12-17(25)22-15-4-6-16(7-5-15)24-8-10-27-11-9-24/h4-7H,8-12H2,1-3H3,(H,22,25). The lowest BCUT2D eigenvalue weighted by Crippen LogP contribution is -2.36. The van der Waals surface area contributed by atoms with Gasteiger partial charge in [-0.1, -0.05) is 0 Å². The number of anilines is 2. The zero-order valence-electron chi connectivity index (χ0n) is 16.3. The van der Waals surface area contributed by atoms with Gasteiger partial charge in [-0.2, -0.15) is 0 Å². The van der Waals surface area contributed by atoms with Crippen molar-refractivity contribution in [2.45, 2.75) is 13.8 Å². The van der Waals surface area contributed by atoms with E-state index in [0.717, 1.165) is 32.0 Å². The molecule has 8 heteroatoms. The third-order valence-electron chi connectivity index (χ3n) is 4.66. The summed E-state index contributed by atoms with van der Waals surface area (Å²) in [6.45, 7) is 6.63. The maximum absolute atomic E-state index is 12.6. The van der Waals surface area contributed by atoms with Gasteiger partial charge in [0.1, 0.15) is 11.5 Å². The zero-order valence-corrected chi connectivity index (χ0v) is 17.8. The van der Waals surface area contributed by atoms with E-state index in [2.05, 4.69) is 26.1 Å². The molecule has 7 nitrogen and oxygen atoms in total. The van der Waals surface area contributed by atoms with Crippen LogP contribution in [0.4, 0.5) is 11.4 Å². The van der Waals surface area contributed by atoms with E-state index in [1.54, 1.807) is 20.9 Å². The number of aryl methyl sites for hydroxylation is 2. The molecule has 1 aliphatic rings. The number of benzene rings is 1. The Bertz CT molecular complexity index is 857. The van der Waals surface area contributed by atoms with Crippen LogP contribution in [-0.2, 0) is 9.53 Å². The summed E-state index contributed by atoms with van der Waals surface area (Å²) in [6, 6.07) is 7.68. The first-order valence-electron chi connectivity index (χ1n) is 9.10. The molecule has 0 bridgehead atoms. The number of nitrogens with one attached hydrogen (secondary N) is 1. The fourth-order valence-electron chi connectivity index (χ4n) is 3.16. The number of rotatable bonds is 5. The lowest BCUT2D eigenvalue weighted by Gasteiger charge is -2.28. The molecular weight excluding hydrogens is 426 g/mol. The van der Waals surface area contributed by atoms with Crippen LogP contribution in [0.1, 0.15) is 21.9 Å². The van der Waals surface area contributed by atoms with Crippen molar-refractivity contribution >= 4 is 39.1 Å². The van der Waals surface area contributed by atoms with Crippen molar-refractivity contribution in [1.29, 1.82) is 0 Å². The molecule has 3 rings (SSSR count). The maximum Gasteiger partial charge on any atom is 0.258 e. The second-order valence-electron chi connectivity index (χ2n) is 6.76. The van der Waals surface area contributed by atoms with E-state index in [9.17, 15) is 9.59 Å². The number of hydrogen-bond acceptors (Lipinski definition) is 5. The van der Waals surface area contributed by atoms with E-state index in [1.165, 1.54) is 4.90 Å². The Kier molecular flexibility index (Phi) is 6.41. The molecule has 0 radical (unpaired) electrons. The summed E-state index contributed by atoms with van der Waals surface area (Å²) < 4.78 is 11.5. The smallest absolute Gasteiger partial charge is 0.258 e. The highest BCUT2D eigenvalue weighted by Crippen LogP contribution is 2.28. The number of hydrogen-bond donors (Lipinski definition) is 1. The van der Waals surface area contributed by atoms with E-state index >= 15 is 0 Å². The van der Waals surface area contributed by atoms with Gasteiger partial charge < -0.3 is 24.3 Å². The monoisotopic (exact) mass is 449 g/mol. The minimum Gasteiger partial charge on any atom is -0.465 e. The number of likely N-dealkylation sites (N-methyl/N-ethyl adjacent to an activating group) is 1. The maximum atomic E-state index is 12.6. The van der Waals surface area contributed by atoms with E-state index < -0.39 is 0 Å². The molecule has 1 aliphatic heterocycles. The molecule has 1 aromatic heterocycles. The molecule has 150 valence electrons. The number of nitrogens with zero attached hydrogens (tertiary/aromatic N) is 2. The first-order valence-corrected chi connectivity index (χ1v) is 9.89. The van der Waals surface area contributed by atoms with E-state index in [0.29, 0.717) is 27.2 Å².